The van der Waals surface area contributed by atoms with Crippen LogP contribution in [0.4, 0.5) is 0 Å². The van der Waals surface area contributed by atoms with Crippen LogP contribution in [0.15, 0.2) is 47.6 Å². The van der Waals surface area contributed by atoms with E-state index in [1.54, 1.807) is 41.5 Å². The second kappa shape index (κ2) is 25.6. The average molecular weight is 991 g/mol. The number of esters is 1. The monoisotopic (exact) mass is 991 g/mol. The normalized spacial score (nSPS) is 42.0. The van der Waals surface area contributed by atoms with Crippen LogP contribution < -0.4 is 0 Å². The van der Waals surface area contributed by atoms with Crippen LogP contribution in [0.5, 0.6) is 0 Å². The standard InChI is InChI=1S/C53H90N4O13/c1-14-41-53(11,63)46(59)35(5)43(54-65-32-39-21-17-16-18-22-39)33(3)30-51(9,62)48(36(6)45(37(7)49(61)68-41)69-42-31-52(10,64-13)47(60)38(8)67-42)70-50-44(58)40(29-34(4)66-50)55(12)23-19-20-24-57-27-25-56(15-2)26-28-57/h16-22,33-38,40-42,44-48,50,58-60,62-63H,14-15,23-32H2,1-13H3/b20-19+,54-43+/t33-,34-,35+,36+,37-,38+,40+,41-,42+,44-,45+,46-,47+,48-,50+,51+,52-,53-/m1/s1. The van der Waals surface area contributed by atoms with Crippen LogP contribution >= 0.6 is 0 Å². The molecule has 4 fully saturated rings. The lowest BCUT2D eigenvalue weighted by Crippen LogP contribution is -2.61. The van der Waals surface area contributed by atoms with Gasteiger partial charge in [-0.05, 0) is 80.0 Å². The molecule has 4 heterocycles. The van der Waals surface area contributed by atoms with Crippen LogP contribution in [0.1, 0.15) is 107 Å². The molecule has 4 saturated heterocycles. The summed E-state index contributed by atoms with van der Waals surface area (Å²) in [5, 5.41) is 65.3. The number of hydrogen-bond donors (Lipinski definition) is 5. The molecular formula is C53H90N4O13. The molecule has 17 heteroatoms. The van der Waals surface area contributed by atoms with Gasteiger partial charge < -0.3 is 63.7 Å². The summed E-state index contributed by atoms with van der Waals surface area (Å²) in [6.07, 6.45) is -5.27. The molecule has 0 amide bonds. The number of cyclic esters (lactones) is 1. The van der Waals surface area contributed by atoms with Crippen LogP contribution in [-0.2, 0) is 44.7 Å². The van der Waals surface area contributed by atoms with Crippen molar-refractivity contribution in [3.63, 3.8) is 0 Å². The first kappa shape index (κ1) is 58.3. The molecule has 18 atom stereocenters. The molecule has 0 unspecified atom stereocenters. The summed E-state index contributed by atoms with van der Waals surface area (Å²) in [5.74, 6) is -4.11. The molecule has 1 aromatic carbocycles. The minimum Gasteiger partial charge on any atom is -0.459 e. The first-order chi connectivity index (χ1) is 33.0. The minimum atomic E-state index is -1.96. The third kappa shape index (κ3) is 14.4. The number of likely N-dealkylation sites (N-methyl/N-ethyl adjacent to an activating group) is 2. The number of ether oxygens (including phenoxy) is 6. The molecule has 4 aliphatic heterocycles. The van der Waals surface area contributed by atoms with Gasteiger partial charge in [0.15, 0.2) is 12.6 Å². The molecule has 17 nitrogen and oxygen atoms in total. The van der Waals surface area contributed by atoms with E-state index in [-0.39, 0.29) is 38.0 Å². The van der Waals surface area contributed by atoms with Crippen LogP contribution in [0, 0.1) is 23.7 Å². The summed E-state index contributed by atoms with van der Waals surface area (Å²) in [7, 11) is 3.48. The number of piperazine rings is 1. The Hall–Kier alpha value is -2.62. The molecule has 0 bridgehead atoms. The topological polar surface area (TPSA) is 205 Å². The molecule has 70 heavy (non-hydrogen) atoms. The highest BCUT2D eigenvalue weighted by molar-refractivity contribution is 5.88. The molecule has 4 aliphatic rings. The number of carbonyl (C=O) groups excluding carboxylic acids is 1. The zero-order valence-corrected chi connectivity index (χ0v) is 44.5. The summed E-state index contributed by atoms with van der Waals surface area (Å²) in [5.41, 5.74) is -3.58. The Morgan fingerprint density at radius 3 is 2.16 bits per heavy atom. The maximum Gasteiger partial charge on any atom is 0.311 e. The highest BCUT2D eigenvalue weighted by atomic mass is 16.7. The summed E-state index contributed by atoms with van der Waals surface area (Å²) >= 11 is 0. The second-order valence-electron chi connectivity index (χ2n) is 21.5. The van der Waals surface area contributed by atoms with Crippen molar-refractivity contribution in [2.75, 3.05) is 60.0 Å². The molecular weight excluding hydrogens is 901 g/mol. The highest BCUT2D eigenvalue weighted by Crippen LogP contribution is 2.41. The molecule has 0 radical (unpaired) electrons. The number of rotatable bonds is 15. The van der Waals surface area contributed by atoms with Crippen LogP contribution in [0.3, 0.4) is 0 Å². The lowest BCUT2D eigenvalue weighted by molar-refractivity contribution is -0.318. The van der Waals surface area contributed by atoms with Gasteiger partial charge in [0, 0.05) is 76.6 Å². The van der Waals surface area contributed by atoms with Gasteiger partial charge in [0.25, 0.3) is 0 Å². The smallest absolute Gasteiger partial charge is 0.311 e. The number of benzene rings is 1. The van der Waals surface area contributed by atoms with Crippen molar-refractivity contribution in [2.45, 2.75) is 193 Å². The van der Waals surface area contributed by atoms with Crippen molar-refractivity contribution >= 4 is 11.7 Å². The molecule has 0 spiro atoms. The first-order valence-electron chi connectivity index (χ1n) is 25.9. The Labute approximate surface area is 418 Å². The van der Waals surface area contributed by atoms with Crippen LogP contribution in [0.25, 0.3) is 0 Å². The Morgan fingerprint density at radius 2 is 1.53 bits per heavy atom. The molecule has 0 saturated carbocycles. The van der Waals surface area contributed by atoms with Gasteiger partial charge >= 0.3 is 5.97 Å². The van der Waals surface area contributed by atoms with Crippen molar-refractivity contribution in [3.8, 4) is 0 Å². The average Bonchev–Trinajstić information content (AvgIpc) is 3.33. The molecule has 400 valence electrons. The molecule has 1 aromatic rings. The van der Waals surface area contributed by atoms with Gasteiger partial charge in [-0.1, -0.05) is 82.3 Å². The SMILES string of the molecule is CC[C@H]1OC(=O)[C@H](C)[C@@H](O[C@H]2C[C@@](C)(OC)[C@@H](O)[C@H](C)O2)[C@H](C)[C@@H](O[C@@H]2O[C@H](C)C[C@H](N(C)C/C=C/CN3CCN(CC)CC3)[C@H]2O)[C@@](C)(O)C[C@@H](C)/C(=N\OCc2ccccc2)[C@H](C)[C@@H](O)[C@]1(C)O. The van der Waals surface area contributed by atoms with E-state index in [0.717, 1.165) is 44.8 Å². The molecule has 5 rings (SSSR count). The number of oxime groups is 1. The maximum absolute atomic E-state index is 14.6. The van der Waals surface area contributed by atoms with E-state index < -0.39 is 102 Å². The largest absolute Gasteiger partial charge is 0.459 e. The zero-order chi connectivity index (χ0) is 51.7. The van der Waals surface area contributed by atoms with Gasteiger partial charge in [-0.25, -0.2) is 0 Å². The summed E-state index contributed by atoms with van der Waals surface area (Å²) in [6.45, 7) is 26.3. The fourth-order valence-electron chi connectivity index (χ4n) is 11.2. The number of aliphatic hydroxyl groups is 5. The lowest BCUT2D eigenvalue weighted by atomic mass is 9.73. The van der Waals surface area contributed by atoms with E-state index in [1.807, 2.05) is 58.2 Å². The van der Waals surface area contributed by atoms with E-state index in [0.29, 0.717) is 18.7 Å². The van der Waals surface area contributed by atoms with Gasteiger partial charge in [0.1, 0.15) is 30.5 Å². The maximum atomic E-state index is 14.6. The van der Waals surface area contributed by atoms with Gasteiger partial charge in [-0.3, -0.25) is 14.6 Å². The summed E-state index contributed by atoms with van der Waals surface area (Å²) < 4.78 is 38.5. The third-order valence-electron chi connectivity index (χ3n) is 15.8. The van der Waals surface area contributed by atoms with Gasteiger partial charge in [-0.2, -0.15) is 0 Å². The van der Waals surface area contributed by atoms with Gasteiger partial charge in [0.05, 0.1) is 53.4 Å². The third-order valence-corrected chi connectivity index (χ3v) is 15.8. The van der Waals surface area contributed by atoms with Gasteiger partial charge in [-0.15, -0.1) is 0 Å². The van der Waals surface area contributed by atoms with Crippen LogP contribution in [0.2, 0.25) is 0 Å². The Morgan fingerprint density at radius 1 is 0.871 bits per heavy atom. The van der Waals surface area contributed by atoms with E-state index in [4.69, 9.17) is 33.3 Å². The quantitative estimate of drug-likeness (QED) is 0.0942. The molecule has 0 aromatic heterocycles. The molecule has 0 aliphatic carbocycles. The van der Waals surface area contributed by atoms with Crippen molar-refractivity contribution < 1.29 is 63.6 Å². The Bertz CT molecular complexity index is 1820. The predicted molar refractivity (Wildman–Crippen MR) is 267 cm³/mol. The van der Waals surface area contributed by atoms with E-state index in [1.165, 1.54) is 14.0 Å². The summed E-state index contributed by atoms with van der Waals surface area (Å²) in [4.78, 5) is 27.5. The number of methoxy groups -OCH3 is 1. The number of hydrogen-bond acceptors (Lipinski definition) is 17. The number of aliphatic hydroxyl groups excluding tert-OH is 3. The van der Waals surface area contributed by atoms with Crippen LogP contribution in [-0.4, -0.2) is 196 Å². The van der Waals surface area contributed by atoms with Crippen molar-refractivity contribution in [1.82, 2.24) is 14.7 Å². The fourth-order valence-corrected chi connectivity index (χ4v) is 11.2. The van der Waals surface area contributed by atoms with E-state index in [2.05, 4.69) is 38.9 Å². The Kier molecular flexibility index (Phi) is 21.3. The highest BCUT2D eigenvalue weighted by Gasteiger charge is 2.53. The fraction of sp³-hybridized carbons (Fsp3) is 0.811. The second-order valence-corrected chi connectivity index (χ2v) is 21.5. The number of nitrogens with zero attached hydrogens (tertiary/aromatic N) is 4. The van der Waals surface area contributed by atoms with E-state index >= 15 is 0 Å². The van der Waals surface area contributed by atoms with Crippen molar-refractivity contribution in [3.05, 3.63) is 48.0 Å². The van der Waals surface area contributed by atoms with Crippen molar-refractivity contribution in [1.29, 1.82) is 0 Å². The molecule has 5 N–H and O–H groups in total. The lowest BCUT2D eigenvalue weighted by Gasteiger charge is -2.49. The van der Waals surface area contributed by atoms with Crippen molar-refractivity contribution in [2.24, 2.45) is 28.8 Å². The van der Waals surface area contributed by atoms with E-state index in [9.17, 15) is 30.3 Å². The summed E-state index contributed by atoms with van der Waals surface area (Å²) in [6, 6.07) is 9.13. The zero-order valence-electron chi connectivity index (χ0n) is 44.5. The van der Waals surface area contributed by atoms with Gasteiger partial charge in [0.2, 0.25) is 0 Å². The predicted octanol–water partition coefficient (Wildman–Crippen LogP) is 4.35. The number of carbonyl (C=O) groups is 1. The first-order valence-corrected chi connectivity index (χ1v) is 25.9. The minimum absolute atomic E-state index is 0.0115. The Balaban J connectivity index is 1.53.